The predicted octanol–water partition coefficient (Wildman–Crippen LogP) is 8.81. The van der Waals surface area contributed by atoms with E-state index in [1.165, 1.54) is 62.7 Å². The van der Waals surface area contributed by atoms with Crippen LogP contribution in [0.2, 0.25) is 5.02 Å². The number of likely N-dealkylation sites (tertiary alicyclic amines) is 1. The van der Waals surface area contributed by atoms with Gasteiger partial charge in [-0.25, -0.2) is 9.18 Å². The van der Waals surface area contributed by atoms with Gasteiger partial charge in [-0.2, -0.15) is 0 Å². The first-order valence-corrected chi connectivity index (χ1v) is 28.4. The van der Waals surface area contributed by atoms with Crippen LogP contribution in [-0.4, -0.2) is 155 Å². The highest BCUT2D eigenvalue weighted by Gasteiger charge is 2.61. The number of rotatable bonds is 13. The molecule has 17 heteroatoms. The molecule has 0 aromatic heterocycles. The fraction of sp³-hybridized carbons (Fsp3) is 0.842. The van der Waals surface area contributed by atoms with Crippen LogP contribution < -0.4 is 0 Å². The van der Waals surface area contributed by atoms with Gasteiger partial charge in [-0.05, 0) is 135 Å². The second kappa shape index (κ2) is 23.1. The lowest BCUT2D eigenvalue weighted by molar-refractivity contribution is -0.321. The molecule has 1 aromatic rings. The molecular weight excluding hydrogens is 975 g/mol. The van der Waals surface area contributed by atoms with E-state index in [4.69, 9.17) is 49.5 Å². The van der Waals surface area contributed by atoms with Crippen molar-refractivity contribution in [2.45, 2.75) is 249 Å². The first kappa shape index (κ1) is 57.7. The maximum atomic E-state index is 15.3. The summed E-state index contributed by atoms with van der Waals surface area (Å²) in [6.45, 7) is 18.4. The molecule has 15 nitrogen and oxygen atoms in total. The van der Waals surface area contributed by atoms with Crippen molar-refractivity contribution in [1.29, 1.82) is 0 Å². The van der Waals surface area contributed by atoms with Crippen molar-refractivity contribution in [2.24, 2.45) is 35.5 Å². The summed E-state index contributed by atoms with van der Waals surface area (Å²) in [5, 5.41) is 24.1. The summed E-state index contributed by atoms with van der Waals surface area (Å²) in [6.07, 6.45) is 2.14. The van der Waals surface area contributed by atoms with Crippen LogP contribution in [0.25, 0.3) is 0 Å². The van der Waals surface area contributed by atoms with Crippen molar-refractivity contribution in [1.82, 2.24) is 9.80 Å². The van der Waals surface area contributed by atoms with E-state index in [2.05, 4.69) is 4.90 Å². The lowest BCUT2D eigenvalue weighted by Crippen LogP contribution is -2.64. The zero-order valence-electron chi connectivity index (χ0n) is 46.1. The van der Waals surface area contributed by atoms with E-state index in [0.29, 0.717) is 35.9 Å². The second-order valence-corrected chi connectivity index (χ2v) is 24.6. The van der Waals surface area contributed by atoms with Gasteiger partial charge in [-0.1, -0.05) is 58.2 Å². The summed E-state index contributed by atoms with van der Waals surface area (Å²) in [6, 6.07) is 4.05. The van der Waals surface area contributed by atoms with Crippen LogP contribution in [0.3, 0.4) is 0 Å². The van der Waals surface area contributed by atoms with Crippen LogP contribution in [0.4, 0.5) is 9.18 Å². The number of ether oxygens (including phenoxy) is 8. The number of nitrogens with zero attached hydrogens (tertiary/aromatic N) is 2. The van der Waals surface area contributed by atoms with Crippen molar-refractivity contribution >= 4 is 29.4 Å². The smallest absolute Gasteiger partial charge is 0.410 e. The van der Waals surface area contributed by atoms with E-state index in [0.717, 1.165) is 12.8 Å². The molecule has 0 bridgehead atoms. The summed E-state index contributed by atoms with van der Waals surface area (Å²) in [5.74, 6) is -3.47. The van der Waals surface area contributed by atoms with Gasteiger partial charge in [0.25, 0.3) is 0 Å². The number of aliphatic hydroxyl groups excluding tert-OH is 2. The van der Waals surface area contributed by atoms with E-state index in [1.54, 1.807) is 47.8 Å². The molecule has 5 aliphatic heterocycles. The van der Waals surface area contributed by atoms with Crippen LogP contribution in [0.1, 0.15) is 152 Å². The maximum Gasteiger partial charge on any atom is 0.410 e. The van der Waals surface area contributed by atoms with Crippen LogP contribution in [0.15, 0.2) is 18.2 Å². The van der Waals surface area contributed by atoms with Crippen molar-refractivity contribution < 1.29 is 66.9 Å². The maximum absolute atomic E-state index is 15.3. The highest BCUT2D eigenvalue weighted by Crippen LogP contribution is 2.49. The van der Waals surface area contributed by atoms with E-state index < -0.39 is 114 Å². The monoisotopic (exact) mass is 1060 g/mol. The standard InChI is InChI=1S/C57H88ClFN2O13/c1-13-44-57(10)49(60(54(66)74-57)25-24-36-20-21-40(59)39(58)27-36)32(4)46(62)30(2)28-56(9,68-12)51(33(5)48(34(6)52(65)71-44)72-45-29-55(8,67-11)50(64)35(7)70-45)73-53-47(63)43(26-31(3)69-53)61-41(37-16-14-17-37)22-23-42(61)38-18-15-19-38/h20-21,27,30-35,37-38,41-45,47-51,53,63-64H,13-19,22-26,28-29H2,1-12H3. The number of carbonyl (C=O) groups excluding carboxylic acids is 3. The summed E-state index contributed by atoms with van der Waals surface area (Å²) >= 11 is 6.17. The fourth-order valence-electron chi connectivity index (χ4n) is 14.6. The Morgan fingerprint density at radius 3 is 2.03 bits per heavy atom. The summed E-state index contributed by atoms with van der Waals surface area (Å²) in [4.78, 5) is 48.9. The van der Waals surface area contributed by atoms with E-state index in [1.807, 2.05) is 34.6 Å². The SMILES string of the molecule is CCC1OC(=O)C(C)C(OC2CC(C)(OC)C(O)C(C)O2)C(C)C(OC2OC(C)CC(N3C(C4CCC4)CCC3C3CCC3)C2O)C(C)(OC)CC(C)C(=O)C(C)C2N(CCc3ccc(F)c(Cl)c3)C(=O)OC12C. The number of hydrogen-bond acceptors (Lipinski definition) is 14. The van der Waals surface area contributed by atoms with Gasteiger partial charge < -0.3 is 48.1 Å². The third kappa shape index (κ3) is 11.1. The Morgan fingerprint density at radius 1 is 0.824 bits per heavy atom. The molecule has 0 radical (unpaired) electrons. The van der Waals surface area contributed by atoms with Gasteiger partial charge in [-0.3, -0.25) is 19.4 Å². The highest BCUT2D eigenvalue weighted by molar-refractivity contribution is 6.30. The zero-order chi connectivity index (χ0) is 53.8. The highest BCUT2D eigenvalue weighted by atomic mass is 35.5. The second-order valence-electron chi connectivity index (χ2n) is 24.2. The Morgan fingerprint density at radius 2 is 1.46 bits per heavy atom. The number of aliphatic hydroxyl groups is 2. The number of esters is 1. The number of cyclic esters (lactones) is 1. The van der Waals surface area contributed by atoms with Crippen LogP contribution in [0, 0.1) is 41.3 Å². The fourth-order valence-corrected chi connectivity index (χ4v) is 14.8. The third-order valence-corrected chi connectivity index (χ3v) is 19.7. The van der Waals surface area contributed by atoms with Crippen molar-refractivity contribution in [3.8, 4) is 0 Å². The predicted molar refractivity (Wildman–Crippen MR) is 275 cm³/mol. The van der Waals surface area contributed by atoms with Gasteiger partial charge in [0, 0.05) is 63.1 Å². The average molecular weight is 1060 g/mol. The molecule has 8 rings (SSSR count). The van der Waals surface area contributed by atoms with Crippen molar-refractivity contribution in [3.63, 3.8) is 0 Å². The van der Waals surface area contributed by atoms with Gasteiger partial charge in [0.05, 0.1) is 52.6 Å². The molecule has 7 fully saturated rings. The minimum Gasteiger partial charge on any atom is -0.458 e. The van der Waals surface area contributed by atoms with E-state index in [-0.39, 0.29) is 55.2 Å². The van der Waals surface area contributed by atoms with Crippen molar-refractivity contribution in [2.75, 3.05) is 20.8 Å². The first-order valence-electron chi connectivity index (χ1n) is 28.0. The number of carbonyl (C=O) groups is 3. The normalized spacial score (nSPS) is 44.3. The molecule has 5 heterocycles. The Labute approximate surface area is 444 Å². The molecule has 7 aliphatic rings. The van der Waals surface area contributed by atoms with Crippen molar-refractivity contribution in [3.05, 3.63) is 34.6 Å². The number of amides is 1. The number of Topliss-reactive ketones (excluding diaryl/α,β-unsaturated/α-hetero) is 1. The molecule has 2 aliphatic carbocycles. The summed E-state index contributed by atoms with van der Waals surface area (Å²) in [7, 11) is 3.11. The third-order valence-electron chi connectivity index (χ3n) is 19.4. The Bertz CT molecular complexity index is 2110. The van der Waals surface area contributed by atoms with Gasteiger partial charge in [0.1, 0.15) is 29.9 Å². The molecular formula is C57H88ClFN2O13. The van der Waals surface area contributed by atoms with Crippen LogP contribution >= 0.6 is 11.6 Å². The van der Waals surface area contributed by atoms with Crippen LogP contribution in [-0.2, 0) is 53.9 Å². The number of benzene rings is 1. The lowest BCUT2D eigenvalue weighted by Gasteiger charge is -2.52. The van der Waals surface area contributed by atoms with Gasteiger partial charge in [-0.15, -0.1) is 0 Å². The minimum atomic E-state index is -1.50. The van der Waals surface area contributed by atoms with Gasteiger partial charge in [0.2, 0.25) is 0 Å². The molecule has 5 saturated heterocycles. The number of halogens is 2. The number of ketones is 1. The van der Waals surface area contributed by atoms with Gasteiger partial charge in [0.15, 0.2) is 18.2 Å². The zero-order valence-corrected chi connectivity index (χ0v) is 46.9. The Hall–Kier alpha value is -2.51. The van der Waals surface area contributed by atoms with Gasteiger partial charge >= 0.3 is 12.1 Å². The molecule has 20 atom stereocenters. The van der Waals surface area contributed by atoms with E-state index >= 15 is 9.59 Å². The molecule has 1 amide bonds. The first-order chi connectivity index (χ1) is 35.0. The number of fused-ring (bicyclic) bond motifs is 1. The molecule has 20 unspecified atom stereocenters. The molecule has 0 spiro atoms. The lowest BCUT2D eigenvalue weighted by atomic mass is 9.73. The molecule has 74 heavy (non-hydrogen) atoms. The molecule has 2 saturated carbocycles. The average Bonchev–Trinajstić information content (AvgIpc) is 3.85. The topological polar surface area (TPSA) is 172 Å². The quantitative estimate of drug-likeness (QED) is 0.180. The molecule has 2 N–H and O–H groups in total. The molecule has 1 aromatic carbocycles. The summed E-state index contributed by atoms with van der Waals surface area (Å²) in [5.41, 5.74) is -3.17. The minimum absolute atomic E-state index is 0.0469. The Balaban J connectivity index is 1.18. The van der Waals surface area contributed by atoms with E-state index in [9.17, 15) is 19.4 Å². The molecule has 418 valence electrons. The Kier molecular flexibility index (Phi) is 18.0. The van der Waals surface area contributed by atoms with Crippen LogP contribution in [0.5, 0.6) is 0 Å². The largest absolute Gasteiger partial charge is 0.458 e. The summed E-state index contributed by atoms with van der Waals surface area (Å²) < 4.78 is 67.0. The number of methoxy groups -OCH3 is 2. The number of hydrogen-bond donors (Lipinski definition) is 2.